The first-order chi connectivity index (χ1) is 16.3. The standard InChI is InChI=1S/C20H20ClN9O4/c1-11(34-2)18-14(9-23-17-5-15(21)28-30(17)18)27-19(31)26-13-3-4-16(22-8-13)29-10-12(7-25-29)6-24-20(32)33/h3-5,7-11,24H,6H2,1-2H3,(H,32,33)(H2,26,27,31)/t11-/m0/s1. The van der Waals surface area contributed by atoms with Gasteiger partial charge in [0.05, 0.1) is 41.8 Å². The van der Waals surface area contributed by atoms with Crippen LogP contribution in [0.3, 0.4) is 0 Å². The van der Waals surface area contributed by atoms with Crippen LogP contribution in [0.15, 0.2) is 43.0 Å². The van der Waals surface area contributed by atoms with Gasteiger partial charge in [-0.05, 0) is 19.1 Å². The molecule has 0 aliphatic carbocycles. The number of anilines is 2. The number of nitrogens with one attached hydrogen (secondary N) is 3. The molecule has 0 unspecified atom stereocenters. The second-order valence-electron chi connectivity index (χ2n) is 7.11. The molecule has 0 bridgehead atoms. The molecule has 0 aromatic carbocycles. The predicted molar refractivity (Wildman–Crippen MR) is 122 cm³/mol. The number of nitrogens with zero attached hydrogens (tertiary/aromatic N) is 6. The Morgan fingerprint density at radius 3 is 2.74 bits per heavy atom. The summed E-state index contributed by atoms with van der Waals surface area (Å²) in [7, 11) is 1.55. The van der Waals surface area contributed by atoms with Gasteiger partial charge in [0, 0.05) is 31.5 Å². The third-order valence-corrected chi connectivity index (χ3v) is 4.98. The van der Waals surface area contributed by atoms with Gasteiger partial charge in [-0.15, -0.1) is 0 Å². The van der Waals surface area contributed by atoms with E-state index in [0.717, 1.165) is 0 Å². The Labute approximate surface area is 197 Å². The zero-order valence-electron chi connectivity index (χ0n) is 18.1. The molecular formula is C20H20ClN9O4. The minimum absolute atomic E-state index is 0.129. The van der Waals surface area contributed by atoms with E-state index in [1.165, 1.54) is 27.8 Å². The lowest BCUT2D eigenvalue weighted by Gasteiger charge is -2.17. The second-order valence-corrected chi connectivity index (χ2v) is 7.50. The zero-order chi connectivity index (χ0) is 24.2. The number of carbonyl (C=O) groups excluding carboxylic acids is 1. The van der Waals surface area contributed by atoms with Gasteiger partial charge in [-0.25, -0.2) is 28.8 Å². The van der Waals surface area contributed by atoms with Gasteiger partial charge in [0.1, 0.15) is 0 Å². The van der Waals surface area contributed by atoms with Crippen LogP contribution in [0, 0.1) is 0 Å². The normalized spacial score (nSPS) is 11.9. The maximum atomic E-state index is 12.6. The molecule has 0 spiro atoms. The first kappa shape index (κ1) is 22.9. The molecule has 0 aliphatic heterocycles. The molecule has 0 saturated carbocycles. The minimum Gasteiger partial charge on any atom is -0.465 e. The van der Waals surface area contributed by atoms with Crippen LogP contribution >= 0.6 is 11.6 Å². The third kappa shape index (κ3) is 5.05. The van der Waals surface area contributed by atoms with Crippen molar-refractivity contribution in [3.8, 4) is 5.82 Å². The molecule has 176 valence electrons. The van der Waals surface area contributed by atoms with Gasteiger partial charge in [0.2, 0.25) is 0 Å². The van der Waals surface area contributed by atoms with Crippen LogP contribution in [-0.2, 0) is 11.3 Å². The van der Waals surface area contributed by atoms with Crippen LogP contribution in [-0.4, -0.2) is 53.7 Å². The van der Waals surface area contributed by atoms with Crippen molar-refractivity contribution in [2.24, 2.45) is 0 Å². The molecule has 4 aromatic rings. The summed E-state index contributed by atoms with van der Waals surface area (Å²) < 4.78 is 8.44. The molecule has 4 aromatic heterocycles. The van der Waals surface area contributed by atoms with Crippen molar-refractivity contribution >= 4 is 40.7 Å². The lowest BCUT2D eigenvalue weighted by Crippen LogP contribution is -2.22. The first-order valence-corrected chi connectivity index (χ1v) is 10.3. The number of hydrogen-bond acceptors (Lipinski definition) is 7. The fraction of sp³-hybridized carbons (Fsp3) is 0.200. The summed E-state index contributed by atoms with van der Waals surface area (Å²) in [6.45, 7) is 1.94. The summed E-state index contributed by atoms with van der Waals surface area (Å²) in [6, 6.07) is 4.41. The number of ether oxygens (including phenoxy) is 1. The number of aromatic nitrogens is 6. The first-order valence-electron chi connectivity index (χ1n) is 9.96. The molecule has 0 saturated heterocycles. The molecule has 4 N–H and O–H groups in total. The highest BCUT2D eigenvalue weighted by Crippen LogP contribution is 2.26. The number of methoxy groups -OCH3 is 1. The Bertz CT molecular complexity index is 1340. The Hall–Kier alpha value is -4.23. The molecule has 1 atom stereocenters. The Morgan fingerprint density at radius 2 is 2.03 bits per heavy atom. The fourth-order valence-corrected chi connectivity index (χ4v) is 3.33. The fourth-order valence-electron chi connectivity index (χ4n) is 3.16. The van der Waals surface area contributed by atoms with E-state index < -0.39 is 18.2 Å². The monoisotopic (exact) mass is 485 g/mol. The van der Waals surface area contributed by atoms with Crippen molar-refractivity contribution in [2.45, 2.75) is 19.6 Å². The van der Waals surface area contributed by atoms with Crippen molar-refractivity contribution in [3.63, 3.8) is 0 Å². The predicted octanol–water partition coefficient (Wildman–Crippen LogP) is 3.08. The molecule has 0 aliphatic rings. The summed E-state index contributed by atoms with van der Waals surface area (Å²) in [5.74, 6) is 0.494. The second kappa shape index (κ2) is 9.72. The molecule has 34 heavy (non-hydrogen) atoms. The van der Waals surface area contributed by atoms with Gasteiger partial charge in [0.15, 0.2) is 16.6 Å². The van der Waals surface area contributed by atoms with Crippen molar-refractivity contribution in [1.82, 2.24) is 34.7 Å². The molecular weight excluding hydrogens is 466 g/mol. The van der Waals surface area contributed by atoms with Gasteiger partial charge in [0.25, 0.3) is 0 Å². The number of urea groups is 1. The zero-order valence-corrected chi connectivity index (χ0v) is 18.8. The number of fused-ring (bicyclic) bond motifs is 1. The van der Waals surface area contributed by atoms with Gasteiger partial charge < -0.3 is 25.8 Å². The van der Waals surface area contributed by atoms with Crippen molar-refractivity contribution in [1.29, 1.82) is 0 Å². The average molecular weight is 486 g/mol. The number of rotatable bonds is 7. The van der Waals surface area contributed by atoms with Crippen molar-refractivity contribution in [3.05, 3.63) is 59.4 Å². The maximum absolute atomic E-state index is 12.6. The number of amides is 3. The SMILES string of the molecule is CO[C@@H](C)c1c(NC(=O)Nc2ccc(-n3cc(CNC(=O)O)cn3)nc2)cnc2cc(Cl)nn12. The van der Waals surface area contributed by atoms with Crippen molar-refractivity contribution < 1.29 is 19.4 Å². The number of carbonyl (C=O) groups is 2. The topological polar surface area (TPSA) is 161 Å². The third-order valence-electron chi connectivity index (χ3n) is 4.80. The quantitative estimate of drug-likeness (QED) is 0.310. The highest BCUT2D eigenvalue weighted by molar-refractivity contribution is 6.29. The summed E-state index contributed by atoms with van der Waals surface area (Å²) in [6.07, 6.45) is 4.65. The number of halogens is 1. The molecule has 14 heteroatoms. The van der Waals surface area contributed by atoms with E-state index >= 15 is 0 Å². The highest BCUT2D eigenvalue weighted by Gasteiger charge is 2.19. The van der Waals surface area contributed by atoms with E-state index in [9.17, 15) is 9.59 Å². The van der Waals surface area contributed by atoms with Crippen LogP contribution in [0.4, 0.5) is 21.0 Å². The van der Waals surface area contributed by atoms with Gasteiger partial charge in [-0.1, -0.05) is 11.6 Å². The molecule has 4 rings (SSSR count). The molecule has 4 heterocycles. The van der Waals surface area contributed by atoms with Crippen LogP contribution < -0.4 is 16.0 Å². The van der Waals surface area contributed by atoms with Crippen LogP contribution in [0.1, 0.15) is 24.3 Å². The largest absolute Gasteiger partial charge is 0.465 e. The Balaban J connectivity index is 1.46. The van der Waals surface area contributed by atoms with Gasteiger partial charge in [-0.3, -0.25) is 0 Å². The van der Waals surface area contributed by atoms with E-state index in [1.54, 1.807) is 31.5 Å². The number of hydrogen-bond donors (Lipinski definition) is 4. The van der Waals surface area contributed by atoms with E-state index in [-0.39, 0.29) is 11.7 Å². The van der Waals surface area contributed by atoms with E-state index in [0.29, 0.717) is 34.1 Å². The minimum atomic E-state index is -1.12. The smallest absolute Gasteiger partial charge is 0.404 e. The lowest BCUT2D eigenvalue weighted by molar-refractivity contribution is 0.114. The van der Waals surface area contributed by atoms with E-state index in [1.807, 2.05) is 6.92 Å². The van der Waals surface area contributed by atoms with E-state index in [4.69, 9.17) is 21.4 Å². The Morgan fingerprint density at radius 1 is 1.21 bits per heavy atom. The molecule has 3 amide bonds. The number of pyridine rings is 1. The Kier molecular flexibility index (Phi) is 6.56. The lowest BCUT2D eigenvalue weighted by atomic mass is 10.2. The maximum Gasteiger partial charge on any atom is 0.404 e. The summed E-state index contributed by atoms with van der Waals surface area (Å²) in [4.78, 5) is 31.8. The molecule has 13 nitrogen and oxygen atoms in total. The van der Waals surface area contributed by atoms with Gasteiger partial charge >= 0.3 is 12.1 Å². The van der Waals surface area contributed by atoms with Crippen LogP contribution in [0.25, 0.3) is 11.5 Å². The molecule has 0 radical (unpaired) electrons. The summed E-state index contributed by atoms with van der Waals surface area (Å²) in [5, 5.41) is 25.0. The van der Waals surface area contributed by atoms with Gasteiger partial charge in [-0.2, -0.15) is 10.2 Å². The summed E-state index contributed by atoms with van der Waals surface area (Å²) >= 11 is 6.00. The summed E-state index contributed by atoms with van der Waals surface area (Å²) in [5.41, 5.74) is 2.63. The number of carboxylic acid groups (broad SMARTS) is 1. The average Bonchev–Trinajstić information content (AvgIpc) is 3.43. The van der Waals surface area contributed by atoms with Crippen LogP contribution in [0.5, 0.6) is 0 Å². The van der Waals surface area contributed by atoms with Crippen molar-refractivity contribution in [2.75, 3.05) is 17.7 Å². The molecule has 0 fully saturated rings. The van der Waals surface area contributed by atoms with Crippen LogP contribution in [0.2, 0.25) is 5.15 Å². The van der Waals surface area contributed by atoms with E-state index in [2.05, 4.69) is 36.1 Å². The highest BCUT2D eigenvalue weighted by atomic mass is 35.5.